The highest BCUT2D eigenvalue weighted by Crippen LogP contribution is 2.15. The highest BCUT2D eigenvalue weighted by atomic mass is 16.2. The largest absolute Gasteiger partial charge is 0.357 e. The molecule has 1 aromatic heterocycles. The number of H-pyrrole nitrogens is 1. The molecule has 0 aliphatic heterocycles. The monoisotopic (exact) mass is 269 g/mol. The molecule has 0 bridgehead atoms. The van der Waals surface area contributed by atoms with Gasteiger partial charge in [0.1, 0.15) is 5.69 Å². The smallest absolute Gasteiger partial charge is 0.287 e. The number of hydrogen-bond acceptors (Lipinski definition) is 2. The Kier molecular flexibility index (Phi) is 4.35. The van der Waals surface area contributed by atoms with Crippen molar-refractivity contribution >= 4 is 11.6 Å². The van der Waals surface area contributed by atoms with Crippen LogP contribution in [0.25, 0.3) is 0 Å². The zero-order valence-corrected chi connectivity index (χ0v) is 12.0. The Morgan fingerprint density at radius 3 is 2.45 bits per heavy atom. The number of nitrogens with zero attached hydrogens (tertiary/aromatic N) is 1. The topological polar surface area (TPSA) is 57.2 Å². The first-order valence-electron chi connectivity index (χ1n) is 6.66. The molecule has 4 nitrogen and oxygen atoms in total. The van der Waals surface area contributed by atoms with Crippen molar-refractivity contribution in [3.8, 4) is 0 Å². The third kappa shape index (κ3) is 3.35. The molecule has 104 valence electrons. The van der Waals surface area contributed by atoms with Gasteiger partial charge in [0.15, 0.2) is 0 Å². The van der Waals surface area contributed by atoms with E-state index < -0.39 is 0 Å². The van der Waals surface area contributed by atoms with E-state index in [1.165, 1.54) is 5.56 Å². The molecule has 2 aromatic rings. The maximum atomic E-state index is 11.7. The van der Waals surface area contributed by atoms with Crippen LogP contribution in [-0.2, 0) is 0 Å². The maximum Gasteiger partial charge on any atom is 0.287 e. The van der Waals surface area contributed by atoms with Gasteiger partial charge < -0.3 is 4.98 Å². The Balaban J connectivity index is 2.05. The molecule has 0 spiro atoms. The van der Waals surface area contributed by atoms with Crippen molar-refractivity contribution in [1.82, 2.24) is 10.4 Å². The van der Waals surface area contributed by atoms with Gasteiger partial charge in [0.05, 0.1) is 5.71 Å². The van der Waals surface area contributed by atoms with Gasteiger partial charge in [-0.15, -0.1) is 0 Å². The van der Waals surface area contributed by atoms with E-state index in [-0.39, 0.29) is 5.91 Å². The number of hydrogen-bond donors (Lipinski definition) is 2. The van der Waals surface area contributed by atoms with Crippen molar-refractivity contribution in [3.63, 3.8) is 0 Å². The second kappa shape index (κ2) is 6.19. The summed E-state index contributed by atoms with van der Waals surface area (Å²) in [4.78, 5) is 14.6. The average Bonchev–Trinajstić information content (AvgIpc) is 2.98. The Labute approximate surface area is 118 Å². The molecule has 1 heterocycles. The lowest BCUT2D eigenvalue weighted by Crippen LogP contribution is -2.19. The number of amides is 1. The van der Waals surface area contributed by atoms with Crippen molar-refractivity contribution < 1.29 is 4.79 Å². The number of aromatic amines is 1. The van der Waals surface area contributed by atoms with Crippen LogP contribution in [0.1, 0.15) is 48.3 Å². The summed E-state index contributed by atoms with van der Waals surface area (Å²) in [5.41, 5.74) is 6.10. The fraction of sp³-hybridized carbons (Fsp3) is 0.250. The number of aromatic nitrogens is 1. The van der Waals surface area contributed by atoms with E-state index in [4.69, 9.17) is 0 Å². The number of hydrazone groups is 1. The minimum Gasteiger partial charge on any atom is -0.357 e. The molecule has 0 aliphatic carbocycles. The van der Waals surface area contributed by atoms with Crippen molar-refractivity contribution in [2.45, 2.75) is 26.7 Å². The zero-order valence-electron chi connectivity index (χ0n) is 12.0. The lowest BCUT2D eigenvalue weighted by atomic mass is 10.0. The highest BCUT2D eigenvalue weighted by molar-refractivity contribution is 6.00. The quantitative estimate of drug-likeness (QED) is 0.649. The first kappa shape index (κ1) is 14.1. The van der Waals surface area contributed by atoms with Crippen LogP contribution in [0.2, 0.25) is 0 Å². The Bertz CT molecular complexity index is 595. The van der Waals surface area contributed by atoms with Crippen LogP contribution in [0.4, 0.5) is 0 Å². The van der Waals surface area contributed by atoms with E-state index in [2.05, 4.69) is 41.5 Å². The normalized spacial score (nSPS) is 11.7. The summed E-state index contributed by atoms with van der Waals surface area (Å²) in [7, 11) is 0. The second-order valence-electron chi connectivity index (χ2n) is 5.00. The molecule has 0 atom stereocenters. The summed E-state index contributed by atoms with van der Waals surface area (Å²) in [5, 5.41) is 4.12. The molecule has 0 saturated heterocycles. The van der Waals surface area contributed by atoms with E-state index in [1.54, 1.807) is 18.3 Å². The Morgan fingerprint density at radius 2 is 1.90 bits per heavy atom. The molecule has 0 unspecified atom stereocenters. The minimum atomic E-state index is -0.242. The molecule has 2 rings (SSSR count). The Hall–Kier alpha value is -2.36. The summed E-state index contributed by atoms with van der Waals surface area (Å²) in [6.07, 6.45) is 1.70. The molecule has 0 radical (unpaired) electrons. The second-order valence-corrected chi connectivity index (χ2v) is 5.00. The summed E-state index contributed by atoms with van der Waals surface area (Å²) in [5.74, 6) is 0.266. The van der Waals surface area contributed by atoms with Gasteiger partial charge in [0, 0.05) is 6.20 Å². The predicted molar refractivity (Wildman–Crippen MR) is 81.0 cm³/mol. The summed E-state index contributed by atoms with van der Waals surface area (Å²) >= 11 is 0. The van der Waals surface area contributed by atoms with Crippen molar-refractivity contribution in [3.05, 3.63) is 59.4 Å². The molecule has 0 saturated carbocycles. The van der Waals surface area contributed by atoms with Crippen LogP contribution in [0.15, 0.2) is 47.7 Å². The lowest BCUT2D eigenvalue weighted by molar-refractivity contribution is 0.0950. The first-order valence-corrected chi connectivity index (χ1v) is 6.66. The van der Waals surface area contributed by atoms with E-state index in [0.29, 0.717) is 11.6 Å². The van der Waals surface area contributed by atoms with Crippen LogP contribution in [0.5, 0.6) is 0 Å². The fourth-order valence-corrected chi connectivity index (χ4v) is 1.84. The minimum absolute atomic E-state index is 0.242. The SMILES string of the molecule is C/C(=N/NC(=O)c1ccc[nH]1)c1ccc(C(C)C)cc1. The van der Waals surface area contributed by atoms with Crippen LogP contribution >= 0.6 is 0 Å². The van der Waals surface area contributed by atoms with Gasteiger partial charge in [-0.05, 0) is 36.1 Å². The number of carbonyl (C=O) groups excluding carboxylic acids is 1. The number of carbonyl (C=O) groups is 1. The lowest BCUT2D eigenvalue weighted by Gasteiger charge is -2.07. The molecule has 0 fully saturated rings. The molecular weight excluding hydrogens is 250 g/mol. The van der Waals surface area contributed by atoms with Gasteiger partial charge in [0.25, 0.3) is 5.91 Å². The Morgan fingerprint density at radius 1 is 1.20 bits per heavy atom. The van der Waals surface area contributed by atoms with Gasteiger partial charge in [-0.25, -0.2) is 5.43 Å². The van der Waals surface area contributed by atoms with Gasteiger partial charge in [-0.1, -0.05) is 38.1 Å². The van der Waals surface area contributed by atoms with E-state index >= 15 is 0 Å². The number of nitrogens with one attached hydrogen (secondary N) is 2. The van der Waals surface area contributed by atoms with Crippen molar-refractivity contribution in [1.29, 1.82) is 0 Å². The van der Waals surface area contributed by atoms with Gasteiger partial charge in [-0.2, -0.15) is 5.10 Å². The molecule has 1 amide bonds. The maximum absolute atomic E-state index is 11.7. The molecule has 1 aromatic carbocycles. The van der Waals surface area contributed by atoms with E-state index in [0.717, 1.165) is 11.3 Å². The van der Waals surface area contributed by atoms with Crippen molar-refractivity contribution in [2.75, 3.05) is 0 Å². The van der Waals surface area contributed by atoms with Crippen LogP contribution < -0.4 is 5.43 Å². The number of rotatable bonds is 4. The molecule has 2 N–H and O–H groups in total. The molecule has 0 aliphatic rings. The van der Waals surface area contributed by atoms with Gasteiger partial charge in [0.2, 0.25) is 0 Å². The third-order valence-corrected chi connectivity index (χ3v) is 3.16. The molecule has 4 heteroatoms. The first-order chi connectivity index (χ1) is 9.58. The van der Waals surface area contributed by atoms with Gasteiger partial charge in [-0.3, -0.25) is 4.79 Å². The van der Waals surface area contributed by atoms with E-state index in [1.807, 2.05) is 19.1 Å². The summed E-state index contributed by atoms with van der Waals surface area (Å²) in [6.45, 7) is 6.19. The zero-order chi connectivity index (χ0) is 14.5. The van der Waals surface area contributed by atoms with Crippen LogP contribution in [0.3, 0.4) is 0 Å². The summed E-state index contributed by atoms with van der Waals surface area (Å²) < 4.78 is 0. The van der Waals surface area contributed by atoms with Crippen molar-refractivity contribution in [2.24, 2.45) is 5.10 Å². The predicted octanol–water partition coefficient (Wildman–Crippen LogP) is 3.29. The van der Waals surface area contributed by atoms with E-state index in [9.17, 15) is 4.79 Å². The highest BCUT2D eigenvalue weighted by Gasteiger charge is 2.05. The summed E-state index contributed by atoms with van der Waals surface area (Å²) in [6, 6.07) is 11.7. The number of benzene rings is 1. The molecule has 20 heavy (non-hydrogen) atoms. The molecular formula is C16H19N3O. The fourth-order valence-electron chi connectivity index (χ4n) is 1.84. The van der Waals surface area contributed by atoms with Crippen LogP contribution in [-0.4, -0.2) is 16.6 Å². The van der Waals surface area contributed by atoms with Crippen LogP contribution in [0, 0.1) is 0 Å². The standard InChI is InChI=1S/C16H19N3O/c1-11(2)13-6-8-14(9-7-13)12(3)18-19-16(20)15-5-4-10-17-15/h4-11,17H,1-3H3,(H,19,20)/b18-12-. The van der Waals surface area contributed by atoms with Gasteiger partial charge >= 0.3 is 0 Å². The third-order valence-electron chi connectivity index (χ3n) is 3.16. The average molecular weight is 269 g/mol.